The molecule has 9 heteroatoms. The van der Waals surface area contributed by atoms with Gasteiger partial charge in [-0.1, -0.05) is 0 Å². The lowest BCUT2D eigenvalue weighted by Gasteiger charge is -2.16. The third kappa shape index (κ3) is 3.16. The van der Waals surface area contributed by atoms with Crippen molar-refractivity contribution >= 4 is 21.9 Å². The molecular weight excluding hydrogens is 248 g/mol. The fraction of sp³-hybridized carbons (Fsp3) is 0.625. The zero-order valence-electron chi connectivity index (χ0n) is 9.96. The smallest absolute Gasteiger partial charge is 0.277 e. The highest BCUT2D eigenvalue weighted by molar-refractivity contribution is 7.94. The molecule has 17 heavy (non-hydrogen) atoms. The molecule has 8 nitrogen and oxygen atoms in total. The summed E-state index contributed by atoms with van der Waals surface area (Å²) in [7, 11) is -0.912. The molecule has 0 saturated heterocycles. The summed E-state index contributed by atoms with van der Waals surface area (Å²) < 4.78 is 30.2. The standard InChI is InChI=1S/C8H14N4O4S/c1-5(7(13)12(3)4)17(14,15)11-8-9-6(2)16-10-8/h5H,1-4H3,(H,10,11). The van der Waals surface area contributed by atoms with Gasteiger partial charge in [-0.15, -0.1) is 0 Å². The fourth-order valence-electron chi connectivity index (χ4n) is 1.05. The topological polar surface area (TPSA) is 105 Å². The van der Waals surface area contributed by atoms with Crippen molar-refractivity contribution < 1.29 is 17.7 Å². The van der Waals surface area contributed by atoms with Gasteiger partial charge in [0.2, 0.25) is 21.8 Å². The van der Waals surface area contributed by atoms with E-state index < -0.39 is 21.2 Å². The summed E-state index contributed by atoms with van der Waals surface area (Å²) in [6.45, 7) is 2.82. The van der Waals surface area contributed by atoms with Crippen LogP contribution < -0.4 is 4.72 Å². The number of nitrogens with zero attached hydrogens (tertiary/aromatic N) is 3. The minimum Gasteiger partial charge on any atom is -0.348 e. The zero-order valence-corrected chi connectivity index (χ0v) is 10.8. The van der Waals surface area contributed by atoms with E-state index >= 15 is 0 Å². The van der Waals surface area contributed by atoms with Crippen molar-refractivity contribution in [3.8, 4) is 0 Å². The van der Waals surface area contributed by atoms with Crippen molar-refractivity contribution in [1.29, 1.82) is 0 Å². The maximum absolute atomic E-state index is 11.8. The van der Waals surface area contributed by atoms with Gasteiger partial charge in [-0.25, -0.2) is 13.1 Å². The predicted molar refractivity (Wildman–Crippen MR) is 59.7 cm³/mol. The van der Waals surface area contributed by atoms with Crippen molar-refractivity contribution in [2.24, 2.45) is 0 Å². The van der Waals surface area contributed by atoms with Gasteiger partial charge in [0.05, 0.1) is 0 Å². The van der Waals surface area contributed by atoms with Crippen molar-refractivity contribution in [2.45, 2.75) is 19.1 Å². The van der Waals surface area contributed by atoms with Gasteiger partial charge >= 0.3 is 0 Å². The van der Waals surface area contributed by atoms with Crippen LogP contribution in [0.1, 0.15) is 12.8 Å². The number of amides is 1. The van der Waals surface area contributed by atoms with Gasteiger partial charge in [0.1, 0.15) is 0 Å². The molecule has 0 fully saturated rings. The second-order valence-corrected chi connectivity index (χ2v) is 5.66. The normalized spacial score (nSPS) is 13.2. The second kappa shape index (κ2) is 4.70. The molecule has 0 saturated carbocycles. The van der Waals surface area contributed by atoms with Gasteiger partial charge in [0, 0.05) is 21.0 Å². The van der Waals surface area contributed by atoms with Gasteiger partial charge in [-0.05, 0) is 12.1 Å². The molecule has 0 aliphatic heterocycles. The van der Waals surface area contributed by atoms with E-state index in [1.165, 1.54) is 32.8 Å². The number of carbonyl (C=O) groups excluding carboxylic acids is 1. The van der Waals surface area contributed by atoms with E-state index in [9.17, 15) is 13.2 Å². The Hall–Kier alpha value is -1.64. The molecule has 0 radical (unpaired) electrons. The lowest BCUT2D eigenvalue weighted by atomic mass is 10.4. The maximum atomic E-state index is 11.8. The number of carbonyl (C=O) groups is 1. The Kier molecular flexibility index (Phi) is 3.71. The summed E-state index contributed by atoms with van der Waals surface area (Å²) >= 11 is 0. The fourth-order valence-corrected chi connectivity index (χ4v) is 2.04. The van der Waals surface area contributed by atoms with Crippen LogP contribution in [0, 0.1) is 6.92 Å². The first-order valence-electron chi connectivity index (χ1n) is 4.77. The highest BCUT2D eigenvalue weighted by Gasteiger charge is 2.30. The lowest BCUT2D eigenvalue weighted by Crippen LogP contribution is -2.39. The first-order chi connectivity index (χ1) is 7.74. The van der Waals surface area contributed by atoms with E-state index in [0.29, 0.717) is 0 Å². The SMILES string of the molecule is Cc1nc(NS(=O)(=O)C(C)C(=O)N(C)C)no1. The molecule has 1 rings (SSSR count). The number of anilines is 1. The molecule has 0 aliphatic rings. The summed E-state index contributed by atoms with van der Waals surface area (Å²) in [5.74, 6) is -0.479. The maximum Gasteiger partial charge on any atom is 0.277 e. The Balaban J connectivity index is 2.85. The number of hydrogen-bond donors (Lipinski definition) is 1. The Bertz CT molecular complexity index is 507. The molecule has 1 heterocycles. The first kappa shape index (κ1) is 13.4. The number of aromatic nitrogens is 2. The van der Waals surface area contributed by atoms with Gasteiger partial charge in [0.15, 0.2) is 5.25 Å². The second-order valence-electron chi connectivity index (χ2n) is 3.66. The third-order valence-corrected chi connectivity index (χ3v) is 3.61. The Morgan fingerprint density at radius 3 is 2.47 bits per heavy atom. The van der Waals surface area contributed by atoms with Crippen LogP contribution in [0.15, 0.2) is 4.52 Å². The Labute approximate surface area is 99.0 Å². The largest absolute Gasteiger partial charge is 0.348 e. The molecule has 1 amide bonds. The minimum absolute atomic E-state index is 0.180. The number of rotatable bonds is 4. The average molecular weight is 262 g/mol. The molecule has 0 aliphatic carbocycles. The summed E-state index contributed by atoms with van der Waals surface area (Å²) in [5.41, 5.74) is 0. The van der Waals surface area contributed by atoms with Crippen LogP contribution in [-0.2, 0) is 14.8 Å². The van der Waals surface area contributed by atoms with E-state index in [4.69, 9.17) is 0 Å². The Morgan fingerprint density at radius 2 is 2.06 bits per heavy atom. The van der Waals surface area contributed by atoms with E-state index in [2.05, 4.69) is 19.4 Å². The third-order valence-electron chi connectivity index (χ3n) is 2.02. The molecule has 0 spiro atoms. The van der Waals surface area contributed by atoms with E-state index in [1.807, 2.05) is 0 Å². The van der Waals surface area contributed by atoms with Gasteiger partial charge in [-0.3, -0.25) is 4.79 Å². The van der Waals surface area contributed by atoms with Crippen LogP contribution in [0.25, 0.3) is 0 Å². The Morgan fingerprint density at radius 1 is 1.47 bits per heavy atom. The van der Waals surface area contributed by atoms with Crippen molar-refractivity contribution in [3.63, 3.8) is 0 Å². The lowest BCUT2D eigenvalue weighted by molar-refractivity contribution is -0.127. The molecule has 1 N–H and O–H groups in total. The molecule has 1 unspecified atom stereocenters. The predicted octanol–water partition coefficient (Wildman–Crippen LogP) is -0.404. The number of aryl methyl sites for hydroxylation is 1. The van der Waals surface area contributed by atoms with Gasteiger partial charge in [-0.2, -0.15) is 4.98 Å². The van der Waals surface area contributed by atoms with Crippen molar-refractivity contribution in [2.75, 3.05) is 18.8 Å². The van der Waals surface area contributed by atoms with E-state index in [0.717, 1.165) is 0 Å². The molecule has 96 valence electrons. The van der Waals surface area contributed by atoms with E-state index in [-0.39, 0.29) is 11.8 Å². The van der Waals surface area contributed by atoms with Gasteiger partial charge in [0.25, 0.3) is 5.95 Å². The highest BCUT2D eigenvalue weighted by atomic mass is 32.2. The van der Waals surface area contributed by atoms with Crippen LogP contribution in [0.5, 0.6) is 0 Å². The summed E-state index contributed by atoms with van der Waals surface area (Å²) in [4.78, 5) is 16.4. The summed E-state index contributed by atoms with van der Waals surface area (Å²) in [5, 5.41) is 2.16. The number of sulfonamides is 1. The number of hydrogen-bond acceptors (Lipinski definition) is 6. The summed E-state index contributed by atoms with van der Waals surface area (Å²) in [6, 6.07) is 0. The minimum atomic E-state index is -3.87. The monoisotopic (exact) mass is 262 g/mol. The number of nitrogens with one attached hydrogen (secondary N) is 1. The van der Waals surface area contributed by atoms with Crippen LogP contribution in [0.3, 0.4) is 0 Å². The highest BCUT2D eigenvalue weighted by Crippen LogP contribution is 2.09. The van der Waals surface area contributed by atoms with Crippen LogP contribution in [0.4, 0.5) is 5.95 Å². The van der Waals surface area contributed by atoms with Crippen molar-refractivity contribution in [1.82, 2.24) is 15.0 Å². The van der Waals surface area contributed by atoms with Crippen molar-refractivity contribution in [3.05, 3.63) is 5.89 Å². The summed E-state index contributed by atoms with van der Waals surface area (Å²) in [6.07, 6.45) is 0. The zero-order chi connectivity index (χ0) is 13.2. The molecular formula is C8H14N4O4S. The molecule has 1 aromatic heterocycles. The molecule has 0 aromatic carbocycles. The molecule has 1 aromatic rings. The van der Waals surface area contributed by atoms with Gasteiger partial charge < -0.3 is 9.42 Å². The average Bonchev–Trinajstić information content (AvgIpc) is 2.60. The van der Waals surface area contributed by atoms with Crippen LogP contribution in [-0.4, -0.2) is 48.7 Å². The van der Waals surface area contributed by atoms with Crippen LogP contribution in [0.2, 0.25) is 0 Å². The van der Waals surface area contributed by atoms with Crippen LogP contribution >= 0.6 is 0 Å². The molecule has 0 bridgehead atoms. The van der Waals surface area contributed by atoms with E-state index in [1.54, 1.807) is 0 Å². The first-order valence-corrected chi connectivity index (χ1v) is 6.32. The quantitative estimate of drug-likeness (QED) is 0.791. The molecule has 1 atom stereocenters.